The molecule has 5 nitrogen and oxygen atoms in total. The molecule has 5 heteroatoms. The second-order valence-corrected chi connectivity index (χ2v) is 4.73. The lowest BCUT2D eigenvalue weighted by Gasteiger charge is -2.11. The lowest BCUT2D eigenvalue weighted by atomic mass is 10.1. The minimum absolute atomic E-state index is 0.00390. The molecule has 1 aromatic rings. The summed E-state index contributed by atoms with van der Waals surface area (Å²) in [5, 5.41) is 14.6. The van der Waals surface area contributed by atoms with Crippen LogP contribution in [0.2, 0.25) is 0 Å². The van der Waals surface area contributed by atoms with E-state index in [0.717, 1.165) is 30.6 Å². The molecule has 1 aliphatic heterocycles. The molecule has 1 atom stereocenters. The second-order valence-electron chi connectivity index (χ2n) is 4.73. The molecule has 19 heavy (non-hydrogen) atoms. The van der Waals surface area contributed by atoms with Crippen LogP contribution in [-0.4, -0.2) is 29.6 Å². The van der Waals surface area contributed by atoms with E-state index in [0.29, 0.717) is 6.42 Å². The number of rotatable bonds is 5. The van der Waals surface area contributed by atoms with Crippen molar-refractivity contribution in [1.82, 2.24) is 5.32 Å². The number of nitrogens with one attached hydrogen (secondary N) is 2. The summed E-state index contributed by atoms with van der Waals surface area (Å²) in [4.78, 5) is 22.3. The second kappa shape index (κ2) is 6.33. The van der Waals surface area contributed by atoms with Crippen LogP contribution < -0.4 is 10.6 Å². The Hall–Kier alpha value is -1.88. The molecule has 0 saturated carbocycles. The summed E-state index contributed by atoms with van der Waals surface area (Å²) in [6, 6.07) is 7.22. The molecular weight excluding hydrogens is 244 g/mol. The Labute approximate surface area is 112 Å². The third kappa shape index (κ3) is 4.06. The minimum atomic E-state index is -0.801. The highest BCUT2D eigenvalue weighted by molar-refractivity contribution is 5.95. The van der Waals surface area contributed by atoms with Crippen molar-refractivity contribution in [2.75, 3.05) is 11.9 Å². The zero-order chi connectivity index (χ0) is 13.7. The van der Waals surface area contributed by atoms with Crippen molar-refractivity contribution in [3.05, 3.63) is 29.8 Å². The Bertz CT molecular complexity index is 450. The largest absolute Gasteiger partial charge is 0.481 e. The van der Waals surface area contributed by atoms with Crippen LogP contribution >= 0.6 is 0 Å². The lowest BCUT2D eigenvalue weighted by Crippen LogP contribution is -2.35. The van der Waals surface area contributed by atoms with Crippen molar-refractivity contribution in [2.24, 2.45) is 0 Å². The summed E-state index contributed by atoms with van der Waals surface area (Å²) in [7, 11) is 0. The van der Waals surface area contributed by atoms with Crippen molar-refractivity contribution < 1.29 is 14.7 Å². The lowest BCUT2D eigenvalue weighted by molar-refractivity contribution is -0.137. The Morgan fingerprint density at radius 1 is 1.32 bits per heavy atom. The van der Waals surface area contributed by atoms with Crippen molar-refractivity contribution in [1.29, 1.82) is 0 Å². The average Bonchev–Trinajstić information content (AvgIpc) is 2.92. The maximum Gasteiger partial charge on any atom is 0.303 e. The monoisotopic (exact) mass is 262 g/mol. The zero-order valence-corrected chi connectivity index (χ0v) is 10.7. The Balaban J connectivity index is 1.87. The number of hydrogen-bond acceptors (Lipinski definition) is 3. The van der Waals surface area contributed by atoms with Gasteiger partial charge in [0.15, 0.2) is 0 Å². The standard InChI is InChI=1S/C14H18N2O3/c17-13(18)8-5-10-3-6-11(7-4-10)16-14(19)12-2-1-9-15-12/h3-4,6-7,12,15H,1-2,5,8-9H2,(H,16,19)(H,17,18)/t12-/m0/s1. The van der Waals surface area contributed by atoms with Gasteiger partial charge in [0.05, 0.1) is 6.04 Å². The first-order chi connectivity index (χ1) is 9.15. The number of carboxylic acids is 1. The summed E-state index contributed by atoms with van der Waals surface area (Å²) in [5.41, 5.74) is 1.71. The SMILES string of the molecule is O=C(O)CCc1ccc(NC(=O)[C@@H]2CCCN2)cc1. The quantitative estimate of drug-likeness (QED) is 0.749. The highest BCUT2D eigenvalue weighted by atomic mass is 16.4. The first kappa shape index (κ1) is 13.5. The molecule has 1 saturated heterocycles. The van der Waals surface area contributed by atoms with Crippen LogP contribution in [0.15, 0.2) is 24.3 Å². The van der Waals surface area contributed by atoms with Gasteiger partial charge in [-0.2, -0.15) is 0 Å². The summed E-state index contributed by atoms with van der Waals surface area (Å²) >= 11 is 0. The molecular formula is C14H18N2O3. The number of benzene rings is 1. The molecule has 0 aliphatic carbocycles. The first-order valence-electron chi connectivity index (χ1n) is 6.50. The van der Waals surface area contributed by atoms with Crippen LogP contribution in [0.5, 0.6) is 0 Å². The molecule has 102 valence electrons. The maximum atomic E-state index is 11.9. The van der Waals surface area contributed by atoms with Gasteiger partial charge in [0.25, 0.3) is 0 Å². The van der Waals surface area contributed by atoms with E-state index < -0.39 is 5.97 Å². The molecule has 1 heterocycles. The molecule has 0 unspecified atom stereocenters. The number of anilines is 1. The predicted molar refractivity (Wildman–Crippen MR) is 72.1 cm³/mol. The van der Waals surface area contributed by atoms with Gasteiger partial charge in [-0.1, -0.05) is 12.1 Å². The van der Waals surface area contributed by atoms with Crippen molar-refractivity contribution in [2.45, 2.75) is 31.7 Å². The molecule has 3 N–H and O–H groups in total. The smallest absolute Gasteiger partial charge is 0.303 e. The normalized spacial score (nSPS) is 18.2. The minimum Gasteiger partial charge on any atom is -0.481 e. The molecule has 1 aromatic carbocycles. The molecule has 0 spiro atoms. The third-order valence-electron chi connectivity index (χ3n) is 3.23. The Morgan fingerprint density at radius 3 is 2.63 bits per heavy atom. The fourth-order valence-corrected chi connectivity index (χ4v) is 2.14. The van der Waals surface area contributed by atoms with E-state index in [9.17, 15) is 9.59 Å². The van der Waals surface area contributed by atoms with Crippen LogP contribution in [-0.2, 0) is 16.0 Å². The number of aliphatic carboxylic acids is 1. The zero-order valence-electron chi connectivity index (χ0n) is 10.7. The number of carbonyl (C=O) groups excluding carboxylic acids is 1. The van der Waals surface area contributed by atoms with Gasteiger partial charge in [0, 0.05) is 12.1 Å². The van der Waals surface area contributed by atoms with Gasteiger partial charge in [-0.25, -0.2) is 0 Å². The highest BCUT2D eigenvalue weighted by Crippen LogP contribution is 2.13. The van der Waals surface area contributed by atoms with Crippen LogP contribution in [0.4, 0.5) is 5.69 Å². The third-order valence-corrected chi connectivity index (χ3v) is 3.23. The summed E-state index contributed by atoms with van der Waals surface area (Å²) in [6.07, 6.45) is 2.54. The Kier molecular flexibility index (Phi) is 4.52. The fraction of sp³-hybridized carbons (Fsp3) is 0.429. The van der Waals surface area contributed by atoms with Gasteiger partial charge < -0.3 is 15.7 Å². The topological polar surface area (TPSA) is 78.4 Å². The van der Waals surface area contributed by atoms with Gasteiger partial charge in [-0.3, -0.25) is 9.59 Å². The van der Waals surface area contributed by atoms with Gasteiger partial charge in [0.1, 0.15) is 0 Å². The van der Waals surface area contributed by atoms with E-state index in [1.165, 1.54) is 0 Å². The Morgan fingerprint density at radius 2 is 2.05 bits per heavy atom. The van der Waals surface area contributed by atoms with Crippen LogP contribution in [0.25, 0.3) is 0 Å². The van der Waals surface area contributed by atoms with Gasteiger partial charge in [-0.15, -0.1) is 0 Å². The van der Waals surface area contributed by atoms with Crippen molar-refractivity contribution in [3.8, 4) is 0 Å². The maximum absolute atomic E-state index is 11.9. The van der Waals surface area contributed by atoms with Crippen molar-refractivity contribution in [3.63, 3.8) is 0 Å². The summed E-state index contributed by atoms with van der Waals surface area (Å²) in [5.74, 6) is -0.805. The molecule has 0 aromatic heterocycles. The van der Waals surface area contributed by atoms with Crippen LogP contribution in [0.3, 0.4) is 0 Å². The number of aryl methyl sites for hydroxylation is 1. The van der Waals surface area contributed by atoms with E-state index in [-0.39, 0.29) is 18.4 Å². The molecule has 0 bridgehead atoms. The van der Waals surface area contributed by atoms with E-state index in [4.69, 9.17) is 5.11 Å². The predicted octanol–water partition coefficient (Wildman–Crippen LogP) is 1.39. The van der Waals surface area contributed by atoms with Gasteiger partial charge >= 0.3 is 5.97 Å². The number of hydrogen-bond donors (Lipinski definition) is 3. The summed E-state index contributed by atoms with van der Waals surface area (Å²) < 4.78 is 0. The van der Waals surface area contributed by atoms with Crippen LogP contribution in [0.1, 0.15) is 24.8 Å². The molecule has 0 radical (unpaired) electrons. The molecule has 1 aliphatic rings. The van der Waals surface area contributed by atoms with E-state index in [1.54, 1.807) is 0 Å². The average molecular weight is 262 g/mol. The van der Waals surface area contributed by atoms with E-state index >= 15 is 0 Å². The molecule has 1 fully saturated rings. The highest BCUT2D eigenvalue weighted by Gasteiger charge is 2.21. The first-order valence-corrected chi connectivity index (χ1v) is 6.50. The molecule has 1 amide bonds. The fourth-order valence-electron chi connectivity index (χ4n) is 2.14. The molecule has 2 rings (SSSR count). The van der Waals surface area contributed by atoms with E-state index in [2.05, 4.69) is 10.6 Å². The van der Waals surface area contributed by atoms with Crippen LogP contribution in [0, 0.1) is 0 Å². The van der Waals surface area contributed by atoms with Gasteiger partial charge in [-0.05, 0) is 43.5 Å². The van der Waals surface area contributed by atoms with Crippen molar-refractivity contribution >= 4 is 17.6 Å². The van der Waals surface area contributed by atoms with E-state index in [1.807, 2.05) is 24.3 Å². The number of amides is 1. The number of carbonyl (C=O) groups is 2. The summed E-state index contributed by atoms with van der Waals surface area (Å²) in [6.45, 7) is 0.895. The number of carboxylic acid groups (broad SMARTS) is 1. The van der Waals surface area contributed by atoms with Gasteiger partial charge in [0.2, 0.25) is 5.91 Å².